The first-order valence-corrected chi connectivity index (χ1v) is 15.9. The van der Waals surface area contributed by atoms with Gasteiger partial charge in [-0.15, -0.1) is 0 Å². The number of pyridine rings is 1. The van der Waals surface area contributed by atoms with Crippen LogP contribution < -0.4 is 0 Å². The summed E-state index contributed by atoms with van der Waals surface area (Å²) in [5, 5.41) is 7.19. The van der Waals surface area contributed by atoms with Crippen molar-refractivity contribution in [3.8, 4) is 22.4 Å². The van der Waals surface area contributed by atoms with E-state index in [1.807, 2.05) is 33.0 Å². The van der Waals surface area contributed by atoms with E-state index in [0.717, 1.165) is 38.9 Å². The average molecular weight is 604 g/mol. The smallest absolute Gasteiger partial charge is 0.164 e. The van der Waals surface area contributed by atoms with Gasteiger partial charge < -0.3 is 4.74 Å². The van der Waals surface area contributed by atoms with E-state index in [4.69, 9.17) is 9.72 Å². The minimum absolute atomic E-state index is 0.0372. The van der Waals surface area contributed by atoms with Gasteiger partial charge in [0.05, 0.1) is 12.0 Å². The predicted octanol–water partition coefficient (Wildman–Crippen LogP) is 11.8. The van der Waals surface area contributed by atoms with Gasteiger partial charge in [-0.05, 0) is 68.3 Å². The second-order valence-corrected chi connectivity index (χ2v) is 14.1. The number of allylic oxidation sites excluding steroid dienone is 3. The molecule has 0 unspecified atom stereocenters. The van der Waals surface area contributed by atoms with Crippen molar-refractivity contribution in [2.24, 2.45) is 10.8 Å². The summed E-state index contributed by atoms with van der Waals surface area (Å²) in [5.74, 6) is 0.671. The van der Waals surface area contributed by atoms with Gasteiger partial charge in [0.15, 0.2) is 5.78 Å². The fourth-order valence-electron chi connectivity index (χ4n) is 5.83. The Labute approximate surface area is 272 Å². The number of nitrogens with zero attached hydrogens (tertiary/aromatic N) is 1. The zero-order valence-electron chi connectivity index (χ0n) is 27.8. The number of benzene rings is 5. The molecule has 6 aromatic rings. The Morgan fingerprint density at radius 1 is 0.652 bits per heavy atom. The number of hydrogen-bond acceptors (Lipinski definition) is 3. The number of ketones is 1. The lowest BCUT2D eigenvalue weighted by atomic mass is 9.86. The molecule has 0 saturated heterocycles. The van der Waals surface area contributed by atoms with E-state index >= 15 is 0 Å². The molecule has 0 N–H and O–H groups in total. The van der Waals surface area contributed by atoms with E-state index in [9.17, 15) is 4.79 Å². The van der Waals surface area contributed by atoms with E-state index in [2.05, 4.69) is 125 Å². The van der Waals surface area contributed by atoms with E-state index < -0.39 is 5.41 Å². The normalized spacial score (nSPS) is 13.0. The van der Waals surface area contributed by atoms with Crippen molar-refractivity contribution < 1.29 is 9.53 Å². The number of aromatic nitrogens is 1. The molecular formula is C43H41NO2. The zero-order chi connectivity index (χ0) is 32.6. The highest BCUT2D eigenvalue weighted by atomic mass is 16.5. The molecule has 0 radical (unpaired) electrons. The highest BCUT2D eigenvalue weighted by Gasteiger charge is 2.25. The number of carbonyl (C=O) groups is 1. The quantitative estimate of drug-likeness (QED) is 0.108. The van der Waals surface area contributed by atoms with Crippen molar-refractivity contribution in [1.29, 1.82) is 0 Å². The maximum atomic E-state index is 13.0. The number of ether oxygens (including phenoxy) is 1. The van der Waals surface area contributed by atoms with Crippen molar-refractivity contribution in [2.75, 3.05) is 0 Å². The van der Waals surface area contributed by atoms with Crippen LogP contribution in [-0.2, 0) is 9.53 Å². The van der Waals surface area contributed by atoms with Crippen LogP contribution in [0, 0.1) is 10.8 Å². The van der Waals surface area contributed by atoms with Gasteiger partial charge in [0, 0.05) is 34.1 Å². The van der Waals surface area contributed by atoms with Crippen LogP contribution in [0.25, 0.3) is 60.3 Å². The van der Waals surface area contributed by atoms with E-state index in [1.165, 1.54) is 26.9 Å². The number of carbonyl (C=O) groups excluding carboxylic acids is 1. The van der Waals surface area contributed by atoms with Crippen molar-refractivity contribution >= 4 is 43.7 Å². The first-order valence-electron chi connectivity index (χ1n) is 15.9. The molecule has 3 heteroatoms. The lowest BCUT2D eigenvalue weighted by Crippen LogP contribution is -2.21. The Kier molecular flexibility index (Phi) is 8.12. The average Bonchev–Trinajstić information content (AvgIpc) is 3.05. The molecule has 46 heavy (non-hydrogen) atoms. The summed E-state index contributed by atoms with van der Waals surface area (Å²) in [6.07, 6.45) is 5.36. The molecule has 0 bridgehead atoms. The van der Waals surface area contributed by atoms with Crippen LogP contribution in [0.3, 0.4) is 0 Å². The second kappa shape index (κ2) is 12.1. The fourth-order valence-corrected chi connectivity index (χ4v) is 5.83. The third kappa shape index (κ3) is 6.10. The molecule has 0 saturated carbocycles. The topological polar surface area (TPSA) is 39.2 Å². The Morgan fingerprint density at radius 3 is 2.04 bits per heavy atom. The lowest BCUT2D eigenvalue weighted by Gasteiger charge is -2.24. The fraction of sp³-hybridized carbons (Fsp3) is 0.209. The van der Waals surface area contributed by atoms with Crippen molar-refractivity contribution in [3.05, 3.63) is 133 Å². The van der Waals surface area contributed by atoms with E-state index in [-0.39, 0.29) is 11.2 Å². The first-order chi connectivity index (χ1) is 21.9. The SMILES string of the molecule is C/C(=C\O/C(=C\C(=O)C(C)(C)C)C(C)(C)C)c1cc(-c2ccccc2)ccc1-c1nccc2c1ccc1c3ccccc3ccc21. The summed E-state index contributed by atoms with van der Waals surface area (Å²) in [4.78, 5) is 18.0. The van der Waals surface area contributed by atoms with Gasteiger partial charge in [-0.2, -0.15) is 0 Å². The van der Waals surface area contributed by atoms with Gasteiger partial charge in [-0.25, -0.2) is 0 Å². The summed E-state index contributed by atoms with van der Waals surface area (Å²) >= 11 is 0. The molecule has 0 spiro atoms. The van der Waals surface area contributed by atoms with Gasteiger partial charge in [-0.1, -0.05) is 133 Å². The van der Waals surface area contributed by atoms with Crippen LogP contribution in [-0.4, -0.2) is 10.8 Å². The van der Waals surface area contributed by atoms with Crippen LogP contribution in [0.2, 0.25) is 0 Å². The van der Waals surface area contributed by atoms with E-state index in [1.54, 1.807) is 12.3 Å². The molecule has 1 aromatic heterocycles. The lowest BCUT2D eigenvalue weighted by molar-refractivity contribution is -0.121. The highest BCUT2D eigenvalue weighted by molar-refractivity contribution is 6.19. The standard InChI is InChI=1S/C43H41NO2/c1-28(27-46-40(43(5,6)7)26-39(45)42(2,3)4)38-25-31(29-13-9-8-10-14-29)18-20-37(38)41-36-22-21-33-32-16-12-11-15-30(32)17-19-34(33)35(36)23-24-44-41/h8-27H,1-7H3/b28-27+,40-26-. The molecule has 5 aromatic carbocycles. The maximum absolute atomic E-state index is 13.0. The minimum Gasteiger partial charge on any atom is -0.468 e. The van der Waals surface area contributed by atoms with Crippen LogP contribution in [0.1, 0.15) is 54.0 Å². The molecule has 0 amide bonds. The molecule has 1 heterocycles. The van der Waals surface area contributed by atoms with Crippen LogP contribution in [0.15, 0.2) is 127 Å². The molecule has 0 fully saturated rings. The van der Waals surface area contributed by atoms with Crippen molar-refractivity contribution in [3.63, 3.8) is 0 Å². The summed E-state index contributed by atoms with van der Waals surface area (Å²) in [6.45, 7) is 14.0. The molecule has 0 atom stereocenters. The predicted molar refractivity (Wildman–Crippen MR) is 194 cm³/mol. The Balaban J connectivity index is 1.52. The molecule has 0 aliphatic rings. The largest absolute Gasteiger partial charge is 0.468 e. The van der Waals surface area contributed by atoms with E-state index in [0.29, 0.717) is 5.76 Å². The minimum atomic E-state index is -0.494. The van der Waals surface area contributed by atoms with Crippen LogP contribution in [0.4, 0.5) is 0 Å². The third-order valence-corrected chi connectivity index (χ3v) is 8.58. The number of fused-ring (bicyclic) bond motifs is 5. The maximum Gasteiger partial charge on any atom is 0.164 e. The molecule has 230 valence electrons. The van der Waals surface area contributed by atoms with Gasteiger partial charge >= 0.3 is 0 Å². The molecule has 3 nitrogen and oxygen atoms in total. The first kappa shape index (κ1) is 31.0. The van der Waals surface area contributed by atoms with Gasteiger partial charge in [0.25, 0.3) is 0 Å². The molecule has 6 rings (SSSR count). The summed E-state index contributed by atoms with van der Waals surface area (Å²) < 4.78 is 6.37. The molecule has 0 aliphatic carbocycles. The number of rotatable bonds is 6. The van der Waals surface area contributed by atoms with Crippen LogP contribution >= 0.6 is 0 Å². The van der Waals surface area contributed by atoms with Crippen LogP contribution in [0.5, 0.6) is 0 Å². The Hall–Kier alpha value is -5.02. The second-order valence-electron chi connectivity index (χ2n) is 14.1. The molecular weight excluding hydrogens is 562 g/mol. The summed E-state index contributed by atoms with van der Waals surface area (Å²) in [5.41, 5.74) is 5.31. The van der Waals surface area contributed by atoms with Crippen molar-refractivity contribution in [2.45, 2.75) is 48.5 Å². The highest BCUT2D eigenvalue weighted by Crippen LogP contribution is 2.39. The Bertz CT molecular complexity index is 2160. The summed E-state index contributed by atoms with van der Waals surface area (Å²) in [7, 11) is 0. The zero-order valence-corrected chi connectivity index (χ0v) is 27.8. The molecule has 0 aliphatic heterocycles. The van der Waals surface area contributed by atoms with Gasteiger partial charge in [0.2, 0.25) is 0 Å². The number of hydrogen-bond donors (Lipinski definition) is 0. The Morgan fingerprint density at radius 2 is 1.30 bits per heavy atom. The van der Waals surface area contributed by atoms with Gasteiger partial charge in [0.1, 0.15) is 5.76 Å². The van der Waals surface area contributed by atoms with Crippen molar-refractivity contribution in [1.82, 2.24) is 4.98 Å². The van der Waals surface area contributed by atoms with Gasteiger partial charge in [-0.3, -0.25) is 9.78 Å². The third-order valence-electron chi connectivity index (χ3n) is 8.58. The monoisotopic (exact) mass is 603 g/mol. The summed E-state index contributed by atoms with van der Waals surface area (Å²) in [6, 6.07) is 36.5.